The van der Waals surface area contributed by atoms with Gasteiger partial charge in [-0.1, -0.05) is 31.5 Å². The molecule has 1 fully saturated rings. The Balaban J connectivity index is 1.55. The Kier molecular flexibility index (Phi) is 6.35. The normalized spacial score (nSPS) is 25.4. The summed E-state index contributed by atoms with van der Waals surface area (Å²) in [5.74, 6) is 1.07. The zero-order valence-corrected chi connectivity index (χ0v) is 15.3. The van der Waals surface area contributed by atoms with E-state index in [2.05, 4.69) is 30.4 Å². The summed E-state index contributed by atoms with van der Waals surface area (Å²) in [5, 5.41) is 12.2. The van der Waals surface area contributed by atoms with Gasteiger partial charge in [0.15, 0.2) is 0 Å². The number of carbonyl (C=O) groups excluding carboxylic acids is 1. The number of benzene rings is 1. The summed E-state index contributed by atoms with van der Waals surface area (Å²) in [5.41, 5.74) is 4.15. The van der Waals surface area contributed by atoms with Crippen LogP contribution in [0.5, 0.6) is 0 Å². The average molecular weight is 345 g/mol. The van der Waals surface area contributed by atoms with Crippen molar-refractivity contribution in [3.63, 3.8) is 0 Å². The number of amides is 1. The van der Waals surface area contributed by atoms with Crippen molar-refractivity contribution in [1.29, 1.82) is 0 Å². The van der Waals surface area contributed by atoms with E-state index in [1.165, 1.54) is 23.1 Å². The van der Waals surface area contributed by atoms with Crippen LogP contribution in [0.4, 0.5) is 4.79 Å². The molecule has 2 aliphatic carbocycles. The van der Waals surface area contributed by atoms with Crippen LogP contribution in [-0.4, -0.2) is 30.5 Å². The van der Waals surface area contributed by atoms with Gasteiger partial charge in [0.1, 0.15) is 6.10 Å². The van der Waals surface area contributed by atoms with E-state index in [1.54, 1.807) is 0 Å². The molecule has 4 nitrogen and oxygen atoms in total. The van der Waals surface area contributed by atoms with Crippen molar-refractivity contribution < 1.29 is 14.6 Å². The Bertz CT molecular complexity index is 587. The lowest BCUT2D eigenvalue weighted by molar-refractivity contribution is 0.0895. The van der Waals surface area contributed by atoms with Crippen LogP contribution in [-0.2, 0) is 17.6 Å². The standard InChI is InChI=1S/C21H31NO3/c1-2-3-10-22-21(24)25-20-9-8-18-12-17(6-7-19(18)13-20)16-5-4-15(11-16)14-23/h6-7,12,15-16,20,23H,2-5,8-11,13-14H2,1H3,(H,22,24)/t15-,16+,20?/m1/s1. The van der Waals surface area contributed by atoms with Gasteiger partial charge >= 0.3 is 6.09 Å². The fraction of sp³-hybridized carbons (Fsp3) is 0.667. The first-order valence-corrected chi connectivity index (χ1v) is 9.86. The van der Waals surface area contributed by atoms with Gasteiger partial charge < -0.3 is 15.2 Å². The van der Waals surface area contributed by atoms with Crippen LogP contribution in [0.1, 0.15) is 68.1 Å². The molecule has 138 valence electrons. The molecule has 0 aliphatic heterocycles. The van der Waals surface area contributed by atoms with E-state index >= 15 is 0 Å². The van der Waals surface area contributed by atoms with Gasteiger partial charge in [0, 0.05) is 19.6 Å². The SMILES string of the molecule is CCCCNC(=O)OC1CCc2cc([C@H]3CC[C@@H](CO)C3)ccc2C1. The molecule has 2 aliphatic rings. The van der Waals surface area contributed by atoms with Crippen molar-refractivity contribution in [3.8, 4) is 0 Å². The predicted molar refractivity (Wildman–Crippen MR) is 98.8 cm³/mol. The van der Waals surface area contributed by atoms with Crippen LogP contribution in [0.2, 0.25) is 0 Å². The highest BCUT2D eigenvalue weighted by Crippen LogP contribution is 2.39. The number of fused-ring (bicyclic) bond motifs is 1. The number of unbranched alkanes of at least 4 members (excludes halogenated alkanes) is 1. The van der Waals surface area contributed by atoms with Crippen molar-refractivity contribution in [1.82, 2.24) is 5.32 Å². The molecule has 0 spiro atoms. The van der Waals surface area contributed by atoms with Crippen molar-refractivity contribution in [3.05, 3.63) is 34.9 Å². The summed E-state index contributed by atoms with van der Waals surface area (Å²) in [6, 6.07) is 6.83. The Morgan fingerprint density at radius 2 is 2.16 bits per heavy atom. The van der Waals surface area contributed by atoms with Gasteiger partial charge in [0.2, 0.25) is 0 Å². The number of carbonyl (C=O) groups is 1. The highest BCUT2D eigenvalue weighted by atomic mass is 16.6. The molecule has 1 amide bonds. The van der Waals surface area contributed by atoms with E-state index in [-0.39, 0.29) is 12.2 Å². The molecule has 0 heterocycles. The first-order valence-electron chi connectivity index (χ1n) is 9.86. The maximum absolute atomic E-state index is 11.8. The number of rotatable bonds is 6. The van der Waals surface area contributed by atoms with Gasteiger partial charge in [0.05, 0.1) is 0 Å². The second-order valence-corrected chi connectivity index (χ2v) is 7.64. The number of hydrogen-bond acceptors (Lipinski definition) is 3. The fourth-order valence-corrected chi connectivity index (χ4v) is 4.20. The first-order chi connectivity index (χ1) is 12.2. The highest BCUT2D eigenvalue weighted by molar-refractivity contribution is 5.67. The molecule has 1 aromatic carbocycles. The molecule has 1 saturated carbocycles. The van der Waals surface area contributed by atoms with Crippen LogP contribution in [0.3, 0.4) is 0 Å². The molecule has 0 radical (unpaired) electrons. The van der Waals surface area contributed by atoms with Crippen LogP contribution in [0.15, 0.2) is 18.2 Å². The molecule has 0 aromatic heterocycles. The van der Waals surface area contributed by atoms with Crippen molar-refractivity contribution >= 4 is 6.09 Å². The minimum absolute atomic E-state index is 0.00905. The second kappa shape index (κ2) is 8.70. The number of aliphatic hydroxyl groups is 1. The summed E-state index contributed by atoms with van der Waals surface area (Å²) < 4.78 is 5.58. The van der Waals surface area contributed by atoms with Crippen molar-refractivity contribution in [2.45, 2.75) is 70.3 Å². The van der Waals surface area contributed by atoms with Crippen LogP contribution >= 0.6 is 0 Å². The minimum Gasteiger partial charge on any atom is -0.446 e. The Morgan fingerprint density at radius 3 is 2.92 bits per heavy atom. The molecule has 3 rings (SSSR count). The number of alkyl carbamates (subject to hydrolysis) is 1. The Morgan fingerprint density at radius 1 is 1.28 bits per heavy atom. The van der Waals surface area contributed by atoms with E-state index in [1.807, 2.05) is 0 Å². The summed E-state index contributed by atoms with van der Waals surface area (Å²) >= 11 is 0. The van der Waals surface area contributed by atoms with Gasteiger partial charge in [0.25, 0.3) is 0 Å². The summed E-state index contributed by atoms with van der Waals surface area (Å²) in [7, 11) is 0. The molecule has 0 saturated heterocycles. The third-order valence-corrected chi connectivity index (χ3v) is 5.76. The monoisotopic (exact) mass is 345 g/mol. The van der Waals surface area contributed by atoms with Crippen molar-refractivity contribution in [2.75, 3.05) is 13.2 Å². The minimum atomic E-state index is -0.278. The second-order valence-electron chi connectivity index (χ2n) is 7.64. The molecule has 4 heteroatoms. The number of ether oxygens (including phenoxy) is 1. The third kappa shape index (κ3) is 4.75. The molecule has 1 aromatic rings. The molecule has 3 atom stereocenters. The number of nitrogens with one attached hydrogen (secondary N) is 1. The summed E-state index contributed by atoms with van der Waals surface area (Å²) in [6.45, 7) is 3.12. The smallest absolute Gasteiger partial charge is 0.407 e. The Hall–Kier alpha value is -1.55. The summed E-state index contributed by atoms with van der Waals surface area (Å²) in [4.78, 5) is 11.8. The van der Waals surface area contributed by atoms with E-state index in [9.17, 15) is 9.90 Å². The maximum Gasteiger partial charge on any atom is 0.407 e. The van der Waals surface area contributed by atoms with Gasteiger partial charge in [-0.25, -0.2) is 4.79 Å². The van der Waals surface area contributed by atoms with E-state index < -0.39 is 0 Å². The summed E-state index contributed by atoms with van der Waals surface area (Å²) in [6.07, 6.45) is 7.91. The molecule has 25 heavy (non-hydrogen) atoms. The van der Waals surface area contributed by atoms with Gasteiger partial charge in [-0.2, -0.15) is 0 Å². The fourth-order valence-electron chi connectivity index (χ4n) is 4.20. The maximum atomic E-state index is 11.8. The van der Waals surface area contributed by atoms with Gasteiger partial charge in [-0.3, -0.25) is 0 Å². The molecular weight excluding hydrogens is 314 g/mol. The Labute approximate surface area is 151 Å². The lowest BCUT2D eigenvalue weighted by atomic mass is 9.85. The first kappa shape index (κ1) is 18.2. The van der Waals surface area contributed by atoms with Crippen LogP contribution in [0.25, 0.3) is 0 Å². The molecule has 1 unspecified atom stereocenters. The third-order valence-electron chi connectivity index (χ3n) is 5.76. The molecule has 0 bridgehead atoms. The van der Waals surface area contributed by atoms with Crippen molar-refractivity contribution in [2.24, 2.45) is 5.92 Å². The van der Waals surface area contributed by atoms with Gasteiger partial charge in [-0.05, 0) is 67.1 Å². The lowest BCUT2D eigenvalue weighted by Gasteiger charge is -2.26. The van der Waals surface area contributed by atoms with E-state index in [0.29, 0.717) is 25.0 Å². The largest absolute Gasteiger partial charge is 0.446 e. The topological polar surface area (TPSA) is 58.6 Å². The lowest BCUT2D eigenvalue weighted by Crippen LogP contribution is -2.32. The number of aliphatic hydroxyl groups excluding tert-OH is 1. The zero-order chi connectivity index (χ0) is 17.6. The quantitative estimate of drug-likeness (QED) is 0.768. The van der Waals surface area contributed by atoms with Gasteiger partial charge in [-0.15, -0.1) is 0 Å². The highest BCUT2D eigenvalue weighted by Gasteiger charge is 2.27. The number of hydrogen-bond donors (Lipinski definition) is 2. The average Bonchev–Trinajstić information content (AvgIpc) is 3.11. The van der Waals surface area contributed by atoms with E-state index in [4.69, 9.17) is 4.74 Å². The predicted octanol–water partition coefficient (Wildman–Crippen LogP) is 3.95. The zero-order valence-electron chi connectivity index (χ0n) is 15.3. The number of aryl methyl sites for hydroxylation is 1. The van der Waals surface area contributed by atoms with Crippen LogP contribution < -0.4 is 5.32 Å². The molecule has 2 N–H and O–H groups in total. The van der Waals surface area contributed by atoms with E-state index in [0.717, 1.165) is 44.9 Å². The van der Waals surface area contributed by atoms with Crippen LogP contribution in [0, 0.1) is 5.92 Å². The molecular formula is C21H31NO3.